The monoisotopic (exact) mass is 177 g/mol. The maximum absolute atomic E-state index is 9.50. The second-order valence-electron chi connectivity index (χ2n) is 3.85. The Morgan fingerprint density at radius 2 is 2.15 bits per heavy atom. The van der Waals surface area contributed by atoms with Gasteiger partial charge in [0.05, 0.1) is 0 Å². The van der Waals surface area contributed by atoms with Crippen LogP contribution in [0.4, 0.5) is 0 Å². The number of phenolic OH excluding ortho intramolecular Hbond substituents is 1. The summed E-state index contributed by atoms with van der Waals surface area (Å²) in [5.74, 6) is 0.995. The molecule has 1 unspecified atom stereocenters. The van der Waals surface area contributed by atoms with Crippen molar-refractivity contribution in [1.82, 2.24) is 0 Å². The Balaban J connectivity index is 2.32. The molecule has 0 saturated heterocycles. The molecule has 2 rings (SSSR count). The van der Waals surface area contributed by atoms with Crippen molar-refractivity contribution in [2.75, 3.05) is 0 Å². The molecular formula is C11H15NO. The van der Waals surface area contributed by atoms with Crippen LogP contribution in [0.25, 0.3) is 0 Å². The Morgan fingerprint density at radius 3 is 2.77 bits per heavy atom. The first-order chi connectivity index (χ1) is 6.20. The normalized spacial score (nSPS) is 18.6. The number of benzene rings is 1. The average Bonchev–Trinajstić information content (AvgIpc) is 2.91. The summed E-state index contributed by atoms with van der Waals surface area (Å²) in [5, 5.41) is 9.50. The van der Waals surface area contributed by atoms with Gasteiger partial charge in [-0.2, -0.15) is 0 Å². The van der Waals surface area contributed by atoms with Gasteiger partial charge in [-0.3, -0.25) is 0 Å². The number of hydrogen-bond acceptors (Lipinski definition) is 2. The van der Waals surface area contributed by atoms with Crippen LogP contribution >= 0.6 is 0 Å². The van der Waals surface area contributed by atoms with Gasteiger partial charge in [-0.15, -0.1) is 0 Å². The van der Waals surface area contributed by atoms with Gasteiger partial charge in [0.2, 0.25) is 0 Å². The molecule has 0 aliphatic heterocycles. The zero-order valence-corrected chi connectivity index (χ0v) is 7.83. The number of nitrogens with two attached hydrogens (primary N) is 1. The van der Waals surface area contributed by atoms with Crippen molar-refractivity contribution < 1.29 is 5.11 Å². The highest BCUT2D eigenvalue weighted by molar-refractivity contribution is 5.40. The SMILES string of the molecule is Cc1c(O)cccc1C(N)C1CC1. The summed E-state index contributed by atoms with van der Waals surface area (Å²) in [5.41, 5.74) is 8.09. The van der Waals surface area contributed by atoms with Gasteiger partial charge < -0.3 is 10.8 Å². The molecular weight excluding hydrogens is 162 g/mol. The van der Waals surface area contributed by atoms with Gasteiger partial charge in [0.1, 0.15) is 5.75 Å². The molecule has 0 bridgehead atoms. The van der Waals surface area contributed by atoms with Gasteiger partial charge >= 0.3 is 0 Å². The number of phenols is 1. The summed E-state index contributed by atoms with van der Waals surface area (Å²) in [7, 11) is 0. The zero-order valence-electron chi connectivity index (χ0n) is 7.83. The molecule has 13 heavy (non-hydrogen) atoms. The first-order valence-corrected chi connectivity index (χ1v) is 4.74. The highest BCUT2D eigenvalue weighted by Gasteiger charge is 2.30. The Kier molecular flexibility index (Phi) is 2.00. The molecule has 2 heteroatoms. The molecule has 1 saturated carbocycles. The highest BCUT2D eigenvalue weighted by atomic mass is 16.3. The predicted octanol–water partition coefficient (Wildman–Crippen LogP) is 2.11. The van der Waals surface area contributed by atoms with E-state index in [1.807, 2.05) is 19.1 Å². The van der Waals surface area contributed by atoms with Crippen LogP contribution in [0.5, 0.6) is 5.75 Å². The lowest BCUT2D eigenvalue weighted by molar-refractivity contribution is 0.468. The summed E-state index contributed by atoms with van der Waals surface area (Å²) in [6, 6.07) is 5.70. The molecule has 1 aliphatic rings. The van der Waals surface area contributed by atoms with E-state index in [9.17, 15) is 5.11 Å². The Bertz CT molecular complexity index is 318. The molecule has 1 fully saturated rings. The minimum atomic E-state index is 0.118. The van der Waals surface area contributed by atoms with Crippen LogP contribution in [-0.2, 0) is 0 Å². The second kappa shape index (κ2) is 3.04. The zero-order chi connectivity index (χ0) is 9.42. The summed E-state index contributed by atoms with van der Waals surface area (Å²) < 4.78 is 0. The molecule has 1 aliphatic carbocycles. The van der Waals surface area contributed by atoms with E-state index in [2.05, 4.69) is 0 Å². The molecule has 0 aromatic heterocycles. The molecule has 0 spiro atoms. The van der Waals surface area contributed by atoms with Crippen molar-refractivity contribution in [3.05, 3.63) is 29.3 Å². The molecule has 0 heterocycles. The van der Waals surface area contributed by atoms with Crippen molar-refractivity contribution in [3.8, 4) is 5.75 Å². The van der Waals surface area contributed by atoms with E-state index >= 15 is 0 Å². The van der Waals surface area contributed by atoms with Gasteiger partial charge in [-0.25, -0.2) is 0 Å². The van der Waals surface area contributed by atoms with E-state index in [1.54, 1.807) is 6.07 Å². The topological polar surface area (TPSA) is 46.2 Å². The van der Waals surface area contributed by atoms with Gasteiger partial charge in [-0.1, -0.05) is 12.1 Å². The van der Waals surface area contributed by atoms with Crippen LogP contribution in [-0.4, -0.2) is 5.11 Å². The second-order valence-corrected chi connectivity index (χ2v) is 3.85. The largest absolute Gasteiger partial charge is 0.508 e. The van der Waals surface area contributed by atoms with Crippen LogP contribution < -0.4 is 5.73 Å². The van der Waals surface area contributed by atoms with E-state index in [0.29, 0.717) is 11.7 Å². The third-order valence-electron chi connectivity index (χ3n) is 2.84. The number of rotatable bonds is 2. The molecule has 0 amide bonds. The lowest BCUT2D eigenvalue weighted by atomic mass is 9.98. The molecule has 1 aromatic carbocycles. The van der Waals surface area contributed by atoms with Crippen molar-refractivity contribution >= 4 is 0 Å². The number of hydrogen-bond donors (Lipinski definition) is 2. The first-order valence-electron chi connectivity index (χ1n) is 4.74. The van der Waals surface area contributed by atoms with Gasteiger partial charge in [0.15, 0.2) is 0 Å². The number of aromatic hydroxyl groups is 1. The van der Waals surface area contributed by atoms with E-state index in [0.717, 1.165) is 11.1 Å². The van der Waals surface area contributed by atoms with Crippen molar-refractivity contribution in [2.45, 2.75) is 25.8 Å². The Hall–Kier alpha value is -1.02. The third kappa shape index (κ3) is 1.54. The molecule has 3 N–H and O–H groups in total. The third-order valence-corrected chi connectivity index (χ3v) is 2.84. The molecule has 2 nitrogen and oxygen atoms in total. The van der Waals surface area contributed by atoms with E-state index < -0.39 is 0 Å². The fraction of sp³-hybridized carbons (Fsp3) is 0.455. The molecule has 1 atom stereocenters. The smallest absolute Gasteiger partial charge is 0.118 e. The first kappa shape index (κ1) is 8.57. The van der Waals surface area contributed by atoms with Crippen LogP contribution in [0.15, 0.2) is 18.2 Å². The summed E-state index contributed by atoms with van der Waals surface area (Å²) in [6.45, 7) is 1.92. The van der Waals surface area contributed by atoms with Crippen LogP contribution in [0.2, 0.25) is 0 Å². The summed E-state index contributed by atoms with van der Waals surface area (Å²) >= 11 is 0. The maximum Gasteiger partial charge on any atom is 0.118 e. The van der Waals surface area contributed by atoms with E-state index in [1.165, 1.54) is 12.8 Å². The van der Waals surface area contributed by atoms with Gasteiger partial charge in [0.25, 0.3) is 0 Å². The maximum atomic E-state index is 9.50. The van der Waals surface area contributed by atoms with Crippen LogP contribution in [0.1, 0.15) is 30.0 Å². The van der Waals surface area contributed by atoms with Crippen molar-refractivity contribution in [2.24, 2.45) is 11.7 Å². The highest BCUT2D eigenvalue weighted by Crippen LogP contribution is 2.41. The van der Waals surface area contributed by atoms with Crippen molar-refractivity contribution in [1.29, 1.82) is 0 Å². The van der Waals surface area contributed by atoms with Crippen LogP contribution in [0.3, 0.4) is 0 Å². The predicted molar refractivity (Wildman–Crippen MR) is 52.5 cm³/mol. The van der Waals surface area contributed by atoms with Crippen LogP contribution in [0, 0.1) is 12.8 Å². The lowest BCUT2D eigenvalue weighted by Gasteiger charge is -2.14. The Morgan fingerprint density at radius 1 is 1.46 bits per heavy atom. The standard InChI is InChI=1S/C11H15NO/c1-7-9(3-2-4-10(7)13)11(12)8-5-6-8/h2-4,8,11,13H,5-6,12H2,1H3. The molecule has 0 radical (unpaired) electrons. The summed E-state index contributed by atoms with van der Waals surface area (Å²) in [4.78, 5) is 0. The Labute approximate surface area is 78.4 Å². The minimum Gasteiger partial charge on any atom is -0.508 e. The van der Waals surface area contributed by atoms with Crippen molar-refractivity contribution in [3.63, 3.8) is 0 Å². The van der Waals surface area contributed by atoms with E-state index in [-0.39, 0.29) is 6.04 Å². The fourth-order valence-corrected chi connectivity index (χ4v) is 1.71. The molecule has 1 aromatic rings. The van der Waals surface area contributed by atoms with Gasteiger partial charge in [-0.05, 0) is 42.9 Å². The quantitative estimate of drug-likeness (QED) is 0.726. The van der Waals surface area contributed by atoms with E-state index in [4.69, 9.17) is 5.73 Å². The fourth-order valence-electron chi connectivity index (χ4n) is 1.71. The lowest BCUT2D eigenvalue weighted by Crippen LogP contribution is -2.13. The average molecular weight is 177 g/mol. The summed E-state index contributed by atoms with van der Waals surface area (Å²) in [6.07, 6.45) is 2.46. The molecule has 70 valence electrons. The van der Waals surface area contributed by atoms with Gasteiger partial charge in [0, 0.05) is 6.04 Å². The minimum absolute atomic E-state index is 0.118.